The van der Waals surface area contributed by atoms with Crippen molar-refractivity contribution in [1.29, 1.82) is 0 Å². The molecule has 0 amide bonds. The van der Waals surface area contributed by atoms with Crippen molar-refractivity contribution in [3.8, 4) is 34.0 Å². The van der Waals surface area contributed by atoms with E-state index in [9.17, 15) is 4.79 Å². The van der Waals surface area contributed by atoms with E-state index in [0.29, 0.717) is 23.8 Å². The topological polar surface area (TPSA) is 80.9 Å². The van der Waals surface area contributed by atoms with E-state index in [-0.39, 0.29) is 5.92 Å². The van der Waals surface area contributed by atoms with Crippen LogP contribution in [0.3, 0.4) is 0 Å². The van der Waals surface area contributed by atoms with Gasteiger partial charge in [-0.3, -0.25) is 4.98 Å². The molecule has 0 spiro atoms. The maximum Gasteiger partial charge on any atom is 0.258 e. The monoisotopic (exact) mass is 450 g/mol. The molecule has 2 aromatic carbocycles. The number of carbonyl (C=O) groups excluding carboxylic acids is 1. The molecule has 170 valence electrons. The van der Waals surface area contributed by atoms with Crippen molar-refractivity contribution in [3.05, 3.63) is 77.6 Å². The first kappa shape index (κ1) is 20.9. The molecule has 2 heterocycles. The summed E-state index contributed by atoms with van der Waals surface area (Å²) in [6.45, 7) is 2.09. The van der Waals surface area contributed by atoms with Crippen molar-refractivity contribution < 1.29 is 9.32 Å². The summed E-state index contributed by atoms with van der Waals surface area (Å²) in [5.41, 5.74) is 8.02. The van der Waals surface area contributed by atoms with E-state index in [2.05, 4.69) is 52.7 Å². The molecule has 2 aliphatic rings. The number of fused-ring (bicyclic) bond motifs is 1. The molecule has 1 atom stereocenters. The lowest BCUT2D eigenvalue weighted by Gasteiger charge is -2.35. The molecule has 2 aliphatic carbocycles. The fraction of sp³-hybridized carbons (Fsp3) is 0.286. The molecule has 0 saturated heterocycles. The molecule has 1 unspecified atom stereocenters. The third-order valence-electron chi connectivity index (χ3n) is 7.17. The molecule has 0 bridgehead atoms. The van der Waals surface area contributed by atoms with Gasteiger partial charge in [-0.2, -0.15) is 4.98 Å². The van der Waals surface area contributed by atoms with E-state index >= 15 is 0 Å². The number of aromatic nitrogens is 3. The summed E-state index contributed by atoms with van der Waals surface area (Å²) in [6.07, 6.45) is 8.73. The van der Waals surface area contributed by atoms with Crippen LogP contribution in [0.1, 0.15) is 42.0 Å². The molecule has 0 radical (unpaired) electrons. The van der Waals surface area contributed by atoms with Gasteiger partial charge in [0.1, 0.15) is 6.29 Å². The first-order valence-corrected chi connectivity index (χ1v) is 11.9. The Morgan fingerprint density at radius 2 is 1.82 bits per heavy atom. The number of benzene rings is 2. The van der Waals surface area contributed by atoms with Crippen LogP contribution in [-0.2, 0) is 11.2 Å². The molecule has 1 fully saturated rings. The van der Waals surface area contributed by atoms with Gasteiger partial charge in [0.15, 0.2) is 0 Å². The number of pyridine rings is 1. The standard InChI is InChI=1S/C28H26N4O2/c1-17-12-22(3-5-24(17)19-8-10-29-11-9-19)28-31-27(32-34-28)21-2-6-25-20(15-21)4-7-26(25)30-23-13-18(14-23)16-33/h2-3,5-6,8-12,15-16,18,23,26,30H,4,7,13-14H2,1H3/t18-,23-,26?. The second-order valence-corrected chi connectivity index (χ2v) is 9.42. The van der Waals surface area contributed by atoms with Crippen LogP contribution in [0, 0.1) is 12.8 Å². The minimum Gasteiger partial charge on any atom is -0.334 e. The van der Waals surface area contributed by atoms with Crippen LogP contribution in [0.4, 0.5) is 0 Å². The average molecular weight is 451 g/mol. The zero-order valence-electron chi connectivity index (χ0n) is 19.1. The van der Waals surface area contributed by atoms with Gasteiger partial charge >= 0.3 is 0 Å². The summed E-state index contributed by atoms with van der Waals surface area (Å²) in [7, 11) is 0. The SMILES string of the molecule is Cc1cc(-c2nc(-c3ccc4c(c3)CCC4N[C@H]3C[C@H](C=O)C3)no2)ccc1-c1ccncc1. The van der Waals surface area contributed by atoms with Crippen LogP contribution >= 0.6 is 0 Å². The van der Waals surface area contributed by atoms with Crippen molar-refractivity contribution in [2.24, 2.45) is 5.92 Å². The molecule has 1 N–H and O–H groups in total. The van der Waals surface area contributed by atoms with Crippen molar-refractivity contribution in [2.75, 3.05) is 0 Å². The zero-order chi connectivity index (χ0) is 23.1. The predicted octanol–water partition coefficient (Wildman–Crippen LogP) is 5.33. The lowest BCUT2D eigenvalue weighted by atomic mass is 9.81. The number of rotatable bonds is 6. The first-order chi connectivity index (χ1) is 16.7. The van der Waals surface area contributed by atoms with Crippen LogP contribution in [0.5, 0.6) is 0 Å². The minimum atomic E-state index is 0.240. The molecule has 6 heteroatoms. The van der Waals surface area contributed by atoms with Crippen molar-refractivity contribution >= 4 is 6.29 Å². The van der Waals surface area contributed by atoms with E-state index in [4.69, 9.17) is 9.51 Å². The van der Waals surface area contributed by atoms with Crippen LogP contribution in [0.15, 0.2) is 65.4 Å². The number of nitrogens with zero attached hydrogens (tertiary/aromatic N) is 3. The number of hydrogen-bond donors (Lipinski definition) is 1. The summed E-state index contributed by atoms with van der Waals surface area (Å²) in [6, 6.07) is 17.5. The highest BCUT2D eigenvalue weighted by atomic mass is 16.5. The Hall–Kier alpha value is -3.64. The highest BCUT2D eigenvalue weighted by Gasteiger charge is 2.32. The van der Waals surface area contributed by atoms with Crippen LogP contribution in [0.25, 0.3) is 34.0 Å². The second-order valence-electron chi connectivity index (χ2n) is 9.42. The Bertz CT molecular complexity index is 1340. The van der Waals surface area contributed by atoms with Gasteiger partial charge in [0.25, 0.3) is 5.89 Å². The van der Waals surface area contributed by atoms with Gasteiger partial charge in [-0.25, -0.2) is 0 Å². The zero-order valence-corrected chi connectivity index (χ0v) is 19.1. The Morgan fingerprint density at radius 1 is 1.00 bits per heavy atom. The second kappa shape index (κ2) is 8.61. The summed E-state index contributed by atoms with van der Waals surface area (Å²) >= 11 is 0. The quantitative estimate of drug-likeness (QED) is 0.400. The van der Waals surface area contributed by atoms with Crippen molar-refractivity contribution in [3.63, 3.8) is 0 Å². The fourth-order valence-corrected chi connectivity index (χ4v) is 5.23. The minimum absolute atomic E-state index is 0.240. The number of aryl methyl sites for hydroxylation is 2. The first-order valence-electron chi connectivity index (χ1n) is 11.9. The molecule has 6 rings (SSSR count). The van der Waals surface area contributed by atoms with E-state index in [1.807, 2.05) is 18.2 Å². The Labute approximate surface area is 198 Å². The van der Waals surface area contributed by atoms with Gasteiger partial charge in [0.2, 0.25) is 5.82 Å². The maximum atomic E-state index is 10.9. The summed E-state index contributed by atoms with van der Waals surface area (Å²) < 4.78 is 5.63. The molecule has 6 nitrogen and oxygen atoms in total. The average Bonchev–Trinajstić information content (AvgIpc) is 3.49. The molecular formula is C28H26N4O2. The summed E-state index contributed by atoms with van der Waals surface area (Å²) in [5.74, 6) is 1.37. The van der Waals surface area contributed by atoms with Gasteiger partial charge in [-0.1, -0.05) is 23.4 Å². The predicted molar refractivity (Wildman–Crippen MR) is 130 cm³/mol. The highest BCUT2D eigenvalue weighted by molar-refractivity contribution is 5.71. The third-order valence-corrected chi connectivity index (χ3v) is 7.17. The normalized spacial score (nSPS) is 21.1. The number of carbonyl (C=O) groups is 1. The van der Waals surface area contributed by atoms with Crippen LogP contribution < -0.4 is 5.32 Å². The Morgan fingerprint density at radius 3 is 2.62 bits per heavy atom. The molecular weight excluding hydrogens is 424 g/mol. The van der Waals surface area contributed by atoms with Crippen molar-refractivity contribution in [1.82, 2.24) is 20.4 Å². The lowest BCUT2D eigenvalue weighted by molar-refractivity contribution is -0.113. The van der Waals surface area contributed by atoms with Gasteiger partial charge in [-0.15, -0.1) is 0 Å². The van der Waals surface area contributed by atoms with E-state index in [0.717, 1.165) is 59.8 Å². The van der Waals surface area contributed by atoms with Gasteiger partial charge in [-0.05, 0) is 90.8 Å². The smallest absolute Gasteiger partial charge is 0.258 e. The number of hydrogen-bond acceptors (Lipinski definition) is 6. The molecule has 2 aromatic heterocycles. The molecule has 34 heavy (non-hydrogen) atoms. The van der Waals surface area contributed by atoms with Gasteiger partial charge < -0.3 is 14.6 Å². The van der Waals surface area contributed by atoms with Crippen LogP contribution in [-0.4, -0.2) is 27.5 Å². The van der Waals surface area contributed by atoms with Gasteiger partial charge in [0.05, 0.1) is 0 Å². The fourth-order valence-electron chi connectivity index (χ4n) is 5.23. The lowest BCUT2D eigenvalue weighted by Crippen LogP contribution is -2.43. The Balaban J connectivity index is 1.20. The molecule has 1 saturated carbocycles. The third kappa shape index (κ3) is 3.84. The van der Waals surface area contributed by atoms with E-state index in [1.54, 1.807) is 12.4 Å². The van der Waals surface area contributed by atoms with E-state index < -0.39 is 0 Å². The summed E-state index contributed by atoms with van der Waals surface area (Å²) in [4.78, 5) is 19.7. The summed E-state index contributed by atoms with van der Waals surface area (Å²) in [5, 5.41) is 7.99. The highest BCUT2D eigenvalue weighted by Crippen LogP contribution is 2.37. The molecule has 0 aliphatic heterocycles. The van der Waals surface area contributed by atoms with Crippen LogP contribution in [0.2, 0.25) is 0 Å². The Kier molecular flexibility index (Phi) is 5.30. The number of nitrogens with one attached hydrogen (secondary N) is 1. The van der Waals surface area contributed by atoms with E-state index in [1.165, 1.54) is 11.1 Å². The largest absolute Gasteiger partial charge is 0.334 e. The number of aldehydes is 1. The van der Waals surface area contributed by atoms with Gasteiger partial charge in [0, 0.05) is 41.5 Å². The molecule has 4 aromatic rings. The maximum absolute atomic E-state index is 10.9. The van der Waals surface area contributed by atoms with Crippen molar-refractivity contribution in [2.45, 2.75) is 44.7 Å².